The van der Waals surface area contributed by atoms with E-state index in [0.717, 1.165) is 0 Å². The number of anilines is 1. The maximum atomic E-state index is 12.1. The Hall–Kier alpha value is -3.07. The highest BCUT2D eigenvalue weighted by atomic mass is 79.9. The van der Waals surface area contributed by atoms with Gasteiger partial charge in [-0.15, -0.1) is 0 Å². The van der Waals surface area contributed by atoms with Gasteiger partial charge in [0, 0.05) is 10.5 Å². The first-order chi connectivity index (χ1) is 13.9. The van der Waals surface area contributed by atoms with Crippen molar-refractivity contribution in [2.75, 3.05) is 34.2 Å². The second kappa shape index (κ2) is 8.12. The van der Waals surface area contributed by atoms with Crippen LogP contribution in [0.1, 0.15) is 16.1 Å². The fraction of sp³-hybridized carbons (Fsp3) is 0.250. The first-order valence-electron chi connectivity index (χ1n) is 8.51. The van der Waals surface area contributed by atoms with Crippen LogP contribution in [0.25, 0.3) is 22.3 Å². The van der Waals surface area contributed by atoms with Crippen molar-refractivity contribution in [3.63, 3.8) is 0 Å². The van der Waals surface area contributed by atoms with Crippen molar-refractivity contribution in [2.45, 2.75) is 6.92 Å². The first kappa shape index (κ1) is 20.7. The number of rotatable bonds is 5. The van der Waals surface area contributed by atoms with Gasteiger partial charge in [-0.05, 0) is 40.5 Å². The molecule has 0 aliphatic rings. The van der Waals surface area contributed by atoms with Gasteiger partial charge in [0.2, 0.25) is 0 Å². The molecular formula is C20H20BrN3O5. The van der Waals surface area contributed by atoms with E-state index in [1.54, 1.807) is 40.4 Å². The number of hydrogen-bond acceptors (Lipinski definition) is 8. The summed E-state index contributed by atoms with van der Waals surface area (Å²) in [7, 11) is 5.94. The number of fused-ring (bicyclic) bond motifs is 1. The number of methoxy groups -OCH3 is 4. The van der Waals surface area contributed by atoms with Gasteiger partial charge < -0.3 is 24.7 Å². The van der Waals surface area contributed by atoms with Crippen molar-refractivity contribution in [3.8, 4) is 28.6 Å². The molecular weight excluding hydrogens is 442 g/mol. The van der Waals surface area contributed by atoms with Crippen molar-refractivity contribution in [3.05, 3.63) is 33.9 Å². The van der Waals surface area contributed by atoms with Crippen LogP contribution in [0.15, 0.2) is 22.7 Å². The van der Waals surface area contributed by atoms with E-state index in [4.69, 9.17) is 24.7 Å². The molecule has 0 spiro atoms. The maximum Gasteiger partial charge on any atom is 0.356 e. The topological polar surface area (TPSA) is 106 Å². The average Bonchev–Trinajstić information content (AvgIpc) is 2.75. The van der Waals surface area contributed by atoms with E-state index in [-0.39, 0.29) is 5.69 Å². The van der Waals surface area contributed by atoms with Gasteiger partial charge in [-0.1, -0.05) is 0 Å². The van der Waals surface area contributed by atoms with E-state index in [0.29, 0.717) is 55.3 Å². The van der Waals surface area contributed by atoms with Crippen molar-refractivity contribution >= 4 is 38.5 Å². The molecule has 29 heavy (non-hydrogen) atoms. The van der Waals surface area contributed by atoms with E-state index in [1.807, 2.05) is 6.07 Å². The molecule has 0 saturated heterocycles. The molecule has 3 rings (SSSR count). The number of pyridine rings is 2. The van der Waals surface area contributed by atoms with Crippen LogP contribution >= 0.6 is 15.9 Å². The van der Waals surface area contributed by atoms with Crippen molar-refractivity contribution in [2.24, 2.45) is 0 Å². The highest BCUT2D eigenvalue weighted by molar-refractivity contribution is 9.10. The summed E-state index contributed by atoms with van der Waals surface area (Å²) in [6.45, 7) is 1.73. The molecule has 0 fully saturated rings. The summed E-state index contributed by atoms with van der Waals surface area (Å²) in [5, 5.41) is 0.699. The number of aromatic nitrogens is 2. The Kier molecular flexibility index (Phi) is 5.78. The molecule has 2 aromatic heterocycles. The Labute approximate surface area is 176 Å². The van der Waals surface area contributed by atoms with Gasteiger partial charge in [-0.3, -0.25) is 0 Å². The molecule has 9 heteroatoms. The molecule has 0 aliphatic carbocycles. The maximum absolute atomic E-state index is 12.1. The lowest BCUT2D eigenvalue weighted by Crippen LogP contribution is -2.11. The zero-order chi connectivity index (χ0) is 21.3. The largest absolute Gasteiger partial charge is 0.494 e. The Morgan fingerprint density at radius 3 is 2.31 bits per heavy atom. The lowest BCUT2D eigenvalue weighted by molar-refractivity contribution is 0.0593. The average molecular weight is 462 g/mol. The fourth-order valence-electron chi connectivity index (χ4n) is 3.02. The smallest absolute Gasteiger partial charge is 0.356 e. The van der Waals surface area contributed by atoms with Crippen molar-refractivity contribution < 1.29 is 23.7 Å². The summed E-state index contributed by atoms with van der Waals surface area (Å²) in [5.74, 6) is 0.991. The summed E-state index contributed by atoms with van der Waals surface area (Å²) in [5.41, 5.74) is 8.73. The van der Waals surface area contributed by atoms with Gasteiger partial charge in [0.05, 0.1) is 45.2 Å². The molecule has 0 radical (unpaired) electrons. The Morgan fingerprint density at radius 1 is 1.03 bits per heavy atom. The Bertz CT molecular complexity index is 1120. The SMILES string of the molecule is COC(=O)c1nc(-c2ccc3c(OC)c(OC)cc(OC)c3n2)c(N)c(Br)c1C. The number of halogens is 1. The molecule has 0 bridgehead atoms. The van der Waals surface area contributed by atoms with Crippen LogP contribution in [-0.4, -0.2) is 44.4 Å². The number of nitrogens with zero attached hydrogens (tertiary/aromatic N) is 2. The van der Waals surface area contributed by atoms with E-state index in [2.05, 4.69) is 25.9 Å². The molecule has 2 N–H and O–H groups in total. The Morgan fingerprint density at radius 2 is 1.72 bits per heavy atom. The third-order valence-electron chi connectivity index (χ3n) is 4.52. The summed E-state index contributed by atoms with van der Waals surface area (Å²) in [6.07, 6.45) is 0. The predicted octanol–water partition coefficient (Wildman–Crippen LogP) is 3.76. The van der Waals surface area contributed by atoms with Crippen LogP contribution in [0, 0.1) is 6.92 Å². The summed E-state index contributed by atoms with van der Waals surface area (Å²) in [4.78, 5) is 21.2. The number of hydrogen-bond donors (Lipinski definition) is 1. The molecule has 0 aliphatic heterocycles. The minimum Gasteiger partial charge on any atom is -0.494 e. The van der Waals surface area contributed by atoms with Gasteiger partial charge in [-0.2, -0.15) is 0 Å². The molecule has 0 saturated carbocycles. The molecule has 3 aromatic rings. The van der Waals surface area contributed by atoms with Gasteiger partial charge >= 0.3 is 5.97 Å². The number of ether oxygens (including phenoxy) is 4. The summed E-state index contributed by atoms with van der Waals surface area (Å²) >= 11 is 3.43. The third-order valence-corrected chi connectivity index (χ3v) is 5.55. The third kappa shape index (κ3) is 3.42. The van der Waals surface area contributed by atoms with Crippen molar-refractivity contribution in [1.82, 2.24) is 9.97 Å². The summed E-state index contributed by atoms with van der Waals surface area (Å²) in [6, 6.07) is 5.25. The number of nitrogen functional groups attached to an aromatic ring is 1. The minimum atomic E-state index is -0.561. The van der Waals surface area contributed by atoms with E-state index in [9.17, 15) is 4.79 Å². The molecule has 1 aromatic carbocycles. The lowest BCUT2D eigenvalue weighted by atomic mass is 10.1. The molecule has 0 unspecified atom stereocenters. The van der Waals surface area contributed by atoms with Gasteiger partial charge in [0.1, 0.15) is 17.0 Å². The highest BCUT2D eigenvalue weighted by Crippen LogP contribution is 2.42. The lowest BCUT2D eigenvalue weighted by Gasteiger charge is -2.16. The second-order valence-corrected chi connectivity index (χ2v) is 6.85. The summed E-state index contributed by atoms with van der Waals surface area (Å²) < 4.78 is 21.7. The Balaban J connectivity index is 2.32. The molecule has 152 valence electrons. The van der Waals surface area contributed by atoms with Gasteiger partial charge in [0.15, 0.2) is 17.2 Å². The minimum absolute atomic E-state index is 0.157. The van der Waals surface area contributed by atoms with Crippen LogP contribution in [0.5, 0.6) is 17.2 Å². The quantitative estimate of drug-likeness (QED) is 0.572. The number of esters is 1. The standard InChI is InChI=1S/C20H20BrN3O5/c1-9-14(21)15(22)18(24-16(9)20(25)29-5)11-7-6-10-17(23-11)12(26-2)8-13(27-3)19(10)28-4/h6-8H,22H2,1-5H3. The fourth-order valence-corrected chi connectivity index (χ4v) is 3.40. The number of carbonyl (C=O) groups excluding carboxylic acids is 1. The normalized spacial score (nSPS) is 10.7. The first-order valence-corrected chi connectivity index (χ1v) is 9.31. The van der Waals surface area contributed by atoms with Crippen LogP contribution in [0.4, 0.5) is 5.69 Å². The molecule has 0 atom stereocenters. The van der Waals surface area contributed by atoms with Crippen LogP contribution < -0.4 is 19.9 Å². The zero-order valence-corrected chi connectivity index (χ0v) is 18.2. The number of nitrogens with two attached hydrogens (primary N) is 1. The van der Waals surface area contributed by atoms with E-state index >= 15 is 0 Å². The second-order valence-electron chi connectivity index (χ2n) is 6.06. The number of benzene rings is 1. The predicted molar refractivity (Wildman–Crippen MR) is 113 cm³/mol. The van der Waals surface area contributed by atoms with Crippen LogP contribution in [-0.2, 0) is 4.74 Å². The van der Waals surface area contributed by atoms with E-state index in [1.165, 1.54) is 7.11 Å². The molecule has 2 heterocycles. The van der Waals surface area contributed by atoms with Crippen molar-refractivity contribution in [1.29, 1.82) is 0 Å². The van der Waals surface area contributed by atoms with Crippen LogP contribution in [0.3, 0.4) is 0 Å². The van der Waals surface area contributed by atoms with Gasteiger partial charge in [-0.25, -0.2) is 14.8 Å². The molecule has 8 nitrogen and oxygen atoms in total. The highest BCUT2D eigenvalue weighted by Gasteiger charge is 2.22. The van der Waals surface area contributed by atoms with Crippen LogP contribution in [0.2, 0.25) is 0 Å². The van der Waals surface area contributed by atoms with Gasteiger partial charge in [0.25, 0.3) is 0 Å². The van der Waals surface area contributed by atoms with E-state index < -0.39 is 5.97 Å². The molecule has 0 amide bonds. The number of carbonyl (C=O) groups is 1. The zero-order valence-electron chi connectivity index (χ0n) is 16.6. The monoisotopic (exact) mass is 461 g/mol.